The lowest BCUT2D eigenvalue weighted by Crippen LogP contribution is -2.45. The Labute approximate surface area is 111 Å². The quantitative estimate of drug-likeness (QED) is 0.622. The van der Waals surface area contributed by atoms with Crippen molar-refractivity contribution in [3.05, 3.63) is 29.8 Å². The Balaban J connectivity index is 2.54. The molecule has 0 aromatic heterocycles. The fraction of sp³-hybridized carbons (Fsp3) is 0.385. The molecule has 0 aliphatic rings. The van der Waals surface area contributed by atoms with Crippen molar-refractivity contribution in [2.24, 2.45) is 0 Å². The summed E-state index contributed by atoms with van der Waals surface area (Å²) in [4.78, 5) is 22.1. The third-order valence-electron chi connectivity index (χ3n) is 2.54. The van der Waals surface area contributed by atoms with Gasteiger partial charge >= 0.3 is 12.0 Å². The van der Waals surface area contributed by atoms with Gasteiger partial charge in [0, 0.05) is 5.69 Å². The lowest BCUT2D eigenvalue weighted by molar-refractivity contribution is -0.140. The van der Waals surface area contributed by atoms with Crippen molar-refractivity contribution in [3.63, 3.8) is 0 Å². The molecule has 0 heterocycles. The van der Waals surface area contributed by atoms with Crippen LogP contribution in [0.15, 0.2) is 24.3 Å². The number of carboxylic acid groups (broad SMARTS) is 1. The summed E-state index contributed by atoms with van der Waals surface area (Å²) >= 11 is 0. The van der Waals surface area contributed by atoms with Crippen LogP contribution in [0.25, 0.3) is 0 Å². The predicted molar refractivity (Wildman–Crippen MR) is 71.1 cm³/mol. The zero-order valence-corrected chi connectivity index (χ0v) is 10.7. The summed E-state index contributed by atoms with van der Waals surface area (Å²) in [6.07, 6.45) is 2.02. The number of aryl methyl sites for hydroxylation is 1. The average Bonchev–Trinajstić information content (AvgIpc) is 2.38. The smallest absolute Gasteiger partial charge is 0.328 e. The highest BCUT2D eigenvalue weighted by Gasteiger charge is 2.18. The maximum atomic E-state index is 11.5. The maximum absolute atomic E-state index is 11.5. The Bertz CT molecular complexity index is 431. The third-order valence-corrected chi connectivity index (χ3v) is 2.54. The zero-order valence-electron chi connectivity index (χ0n) is 10.7. The number of anilines is 1. The van der Waals surface area contributed by atoms with E-state index in [0.717, 1.165) is 12.8 Å². The molecule has 1 aromatic rings. The van der Waals surface area contributed by atoms with E-state index in [0.29, 0.717) is 5.69 Å². The number of amides is 2. The number of benzene rings is 1. The Morgan fingerprint density at radius 3 is 2.37 bits per heavy atom. The molecule has 1 aromatic carbocycles. The van der Waals surface area contributed by atoms with Crippen molar-refractivity contribution in [3.8, 4) is 0 Å². The molecule has 19 heavy (non-hydrogen) atoms. The fourth-order valence-electron chi connectivity index (χ4n) is 1.55. The summed E-state index contributed by atoms with van der Waals surface area (Å²) in [7, 11) is 0. The molecule has 0 radical (unpaired) electrons. The van der Waals surface area contributed by atoms with Crippen LogP contribution in [-0.2, 0) is 11.2 Å². The van der Waals surface area contributed by atoms with E-state index in [2.05, 4.69) is 17.6 Å². The predicted octanol–water partition coefficient (Wildman–Crippen LogP) is 1.21. The highest BCUT2D eigenvalue weighted by Crippen LogP contribution is 2.10. The van der Waals surface area contributed by atoms with Crippen LogP contribution in [-0.4, -0.2) is 34.9 Å². The molecule has 6 nitrogen and oxygen atoms in total. The van der Waals surface area contributed by atoms with Gasteiger partial charge in [-0.2, -0.15) is 0 Å². The number of aliphatic hydroxyl groups is 1. The Morgan fingerprint density at radius 1 is 1.26 bits per heavy atom. The number of aliphatic hydroxyl groups excluding tert-OH is 1. The van der Waals surface area contributed by atoms with Gasteiger partial charge in [0.15, 0.2) is 6.04 Å². The number of carbonyl (C=O) groups excluding carboxylic acids is 1. The van der Waals surface area contributed by atoms with Crippen LogP contribution < -0.4 is 10.6 Å². The van der Waals surface area contributed by atoms with Crippen molar-refractivity contribution in [2.45, 2.75) is 25.8 Å². The summed E-state index contributed by atoms with van der Waals surface area (Å²) in [6.45, 7) is 1.43. The van der Waals surface area contributed by atoms with Gasteiger partial charge in [-0.1, -0.05) is 25.5 Å². The Hall–Kier alpha value is -2.08. The van der Waals surface area contributed by atoms with Gasteiger partial charge in [-0.05, 0) is 24.1 Å². The van der Waals surface area contributed by atoms with E-state index in [4.69, 9.17) is 10.2 Å². The first kappa shape index (κ1) is 15.0. The van der Waals surface area contributed by atoms with E-state index in [1.807, 2.05) is 12.1 Å². The van der Waals surface area contributed by atoms with Crippen molar-refractivity contribution in [1.29, 1.82) is 0 Å². The van der Waals surface area contributed by atoms with Crippen LogP contribution in [0.2, 0.25) is 0 Å². The third kappa shape index (κ3) is 4.97. The van der Waals surface area contributed by atoms with Gasteiger partial charge in [0.25, 0.3) is 0 Å². The van der Waals surface area contributed by atoms with Crippen molar-refractivity contribution >= 4 is 17.7 Å². The SMILES string of the molecule is CCCc1ccc(NC(=O)NC(CO)C(=O)O)cc1. The number of carboxylic acids is 1. The second-order valence-corrected chi connectivity index (χ2v) is 4.12. The number of hydrogen-bond acceptors (Lipinski definition) is 3. The van der Waals surface area contributed by atoms with E-state index in [1.165, 1.54) is 5.56 Å². The lowest BCUT2D eigenvalue weighted by atomic mass is 10.1. The molecule has 104 valence electrons. The molecule has 0 aliphatic carbocycles. The molecule has 0 bridgehead atoms. The van der Waals surface area contributed by atoms with Gasteiger partial charge in [-0.3, -0.25) is 0 Å². The largest absolute Gasteiger partial charge is 0.480 e. The number of nitrogens with one attached hydrogen (secondary N) is 2. The summed E-state index contributed by atoms with van der Waals surface area (Å²) in [5.74, 6) is -1.28. The summed E-state index contributed by atoms with van der Waals surface area (Å²) < 4.78 is 0. The second-order valence-electron chi connectivity index (χ2n) is 4.12. The van der Waals surface area contributed by atoms with E-state index in [1.54, 1.807) is 12.1 Å². The fourth-order valence-corrected chi connectivity index (χ4v) is 1.55. The number of carbonyl (C=O) groups is 2. The van der Waals surface area contributed by atoms with Crippen molar-refractivity contribution < 1.29 is 19.8 Å². The van der Waals surface area contributed by atoms with Gasteiger partial charge < -0.3 is 20.8 Å². The van der Waals surface area contributed by atoms with Crippen LogP contribution in [0.3, 0.4) is 0 Å². The normalized spacial score (nSPS) is 11.7. The molecular weight excluding hydrogens is 248 g/mol. The lowest BCUT2D eigenvalue weighted by Gasteiger charge is -2.12. The minimum absolute atomic E-state index is 0.569. The molecule has 1 atom stereocenters. The molecule has 0 aliphatic heterocycles. The summed E-state index contributed by atoms with van der Waals surface area (Å²) in [5, 5.41) is 22.1. The van der Waals surface area contributed by atoms with E-state index >= 15 is 0 Å². The van der Waals surface area contributed by atoms with Crippen LogP contribution in [0.1, 0.15) is 18.9 Å². The molecule has 0 saturated carbocycles. The van der Waals surface area contributed by atoms with Gasteiger partial charge in [0.2, 0.25) is 0 Å². The highest BCUT2D eigenvalue weighted by molar-refractivity contribution is 5.92. The second kappa shape index (κ2) is 7.38. The number of hydrogen-bond donors (Lipinski definition) is 4. The van der Waals surface area contributed by atoms with Crippen LogP contribution in [0.4, 0.5) is 10.5 Å². The van der Waals surface area contributed by atoms with Crippen LogP contribution in [0.5, 0.6) is 0 Å². The van der Waals surface area contributed by atoms with E-state index in [9.17, 15) is 9.59 Å². The molecule has 4 N–H and O–H groups in total. The van der Waals surface area contributed by atoms with Gasteiger partial charge in [-0.25, -0.2) is 9.59 Å². The number of urea groups is 1. The highest BCUT2D eigenvalue weighted by atomic mass is 16.4. The Kier molecular flexibility index (Phi) is 5.81. The van der Waals surface area contributed by atoms with Gasteiger partial charge in [-0.15, -0.1) is 0 Å². The monoisotopic (exact) mass is 266 g/mol. The minimum Gasteiger partial charge on any atom is -0.480 e. The molecule has 6 heteroatoms. The van der Waals surface area contributed by atoms with Gasteiger partial charge in [0.1, 0.15) is 0 Å². The molecule has 1 unspecified atom stereocenters. The molecule has 2 amide bonds. The number of aliphatic carboxylic acids is 1. The average molecular weight is 266 g/mol. The van der Waals surface area contributed by atoms with Crippen molar-refractivity contribution in [1.82, 2.24) is 5.32 Å². The summed E-state index contributed by atoms with van der Waals surface area (Å²) in [6, 6.07) is 5.34. The number of rotatable bonds is 6. The van der Waals surface area contributed by atoms with Gasteiger partial charge in [0.05, 0.1) is 6.61 Å². The Morgan fingerprint density at radius 2 is 1.89 bits per heavy atom. The first-order chi connectivity index (χ1) is 9.06. The minimum atomic E-state index is -1.31. The molecule has 0 spiro atoms. The molecular formula is C13H18N2O4. The van der Waals surface area contributed by atoms with E-state index < -0.39 is 24.6 Å². The molecule has 0 saturated heterocycles. The van der Waals surface area contributed by atoms with Crippen LogP contribution in [0, 0.1) is 0 Å². The first-order valence-electron chi connectivity index (χ1n) is 6.07. The molecule has 0 fully saturated rings. The zero-order chi connectivity index (χ0) is 14.3. The van der Waals surface area contributed by atoms with Crippen LogP contribution >= 0.6 is 0 Å². The summed E-state index contributed by atoms with van der Waals surface area (Å²) in [5.41, 5.74) is 1.74. The topological polar surface area (TPSA) is 98.7 Å². The van der Waals surface area contributed by atoms with E-state index in [-0.39, 0.29) is 0 Å². The van der Waals surface area contributed by atoms with Crippen molar-refractivity contribution in [2.75, 3.05) is 11.9 Å². The first-order valence-corrected chi connectivity index (χ1v) is 6.07. The molecule has 1 rings (SSSR count). The standard InChI is InChI=1S/C13H18N2O4/c1-2-3-9-4-6-10(7-5-9)14-13(19)15-11(8-16)12(17)18/h4-7,11,16H,2-3,8H2,1H3,(H,17,18)(H2,14,15,19). The maximum Gasteiger partial charge on any atom is 0.328 e.